The summed E-state index contributed by atoms with van der Waals surface area (Å²) in [6.07, 6.45) is -2.03. The fourth-order valence-electron chi connectivity index (χ4n) is 1.17. The van der Waals surface area contributed by atoms with Gasteiger partial charge >= 0.3 is 41.6 Å². The summed E-state index contributed by atoms with van der Waals surface area (Å²) in [6, 6.07) is 0. The molecular weight excluding hydrogens is 203 g/mol. The summed E-state index contributed by atoms with van der Waals surface area (Å²) in [5.74, 6) is -0.644. The van der Waals surface area contributed by atoms with Crippen LogP contribution in [0.15, 0.2) is 0 Å². The number of hydrogen-bond acceptors (Lipinski definition) is 6. The van der Waals surface area contributed by atoms with Gasteiger partial charge in [0.05, 0.1) is 6.67 Å². The van der Waals surface area contributed by atoms with Crippen LogP contribution in [0.2, 0.25) is 0 Å². The molecule has 3 N–H and O–H groups in total. The molecule has 2 aliphatic rings. The first-order valence-electron chi connectivity index (χ1n) is 3.59. The van der Waals surface area contributed by atoms with Crippen molar-refractivity contribution in [1.82, 2.24) is 21.2 Å². The van der Waals surface area contributed by atoms with Crippen molar-refractivity contribution in [3.63, 3.8) is 0 Å². The molecular formula is C4H7N6NaO3. The zero-order chi connectivity index (χ0) is 9.42. The Bertz CT molecular complexity index is 261. The smallest absolute Gasteiger partial charge is 0.557 e. The number of nitrogens with zero attached hydrogens (tertiary/aromatic N) is 3. The van der Waals surface area contributed by atoms with Crippen molar-refractivity contribution in [2.24, 2.45) is 0 Å². The Balaban J connectivity index is 0.000000980. The van der Waals surface area contributed by atoms with E-state index < -0.39 is 23.3 Å². The summed E-state index contributed by atoms with van der Waals surface area (Å²) < 4.78 is 0. The number of carbonyl (C=O) groups is 1. The molecule has 0 spiro atoms. The standard InChI is InChI=1S/C4H7N6O3.Na/c11-3-2(10(12)13)7-8-4-5-1-6-9(3)4;/h2,4-7H,1H2;/q-1;+1. The van der Waals surface area contributed by atoms with Crippen LogP contribution in [0.25, 0.3) is 5.43 Å². The van der Waals surface area contributed by atoms with Gasteiger partial charge in [0.25, 0.3) is 0 Å². The second-order valence-corrected chi connectivity index (χ2v) is 2.57. The number of nitrogens with one attached hydrogen (secondary N) is 3. The van der Waals surface area contributed by atoms with Crippen LogP contribution in [0, 0.1) is 10.1 Å². The van der Waals surface area contributed by atoms with Crippen molar-refractivity contribution < 1.29 is 39.3 Å². The van der Waals surface area contributed by atoms with Gasteiger partial charge in [-0.15, -0.1) is 0 Å². The molecule has 2 heterocycles. The molecule has 2 atom stereocenters. The maximum absolute atomic E-state index is 11.3. The zero-order valence-corrected chi connectivity index (χ0v) is 9.43. The van der Waals surface area contributed by atoms with Gasteiger partial charge in [0, 0.05) is 11.2 Å². The molecule has 72 valence electrons. The van der Waals surface area contributed by atoms with E-state index in [0.717, 1.165) is 5.01 Å². The van der Waals surface area contributed by atoms with Crippen LogP contribution in [-0.2, 0) is 4.79 Å². The van der Waals surface area contributed by atoms with E-state index in [-0.39, 0.29) is 29.6 Å². The minimum Gasteiger partial charge on any atom is -0.557 e. The SMILES string of the molecule is O=C1C([N+](=O)[O-])N[N-]C2NCNN12.[Na+]. The molecule has 0 aliphatic carbocycles. The summed E-state index contributed by atoms with van der Waals surface area (Å²) in [5, 5.41) is 14.2. The summed E-state index contributed by atoms with van der Waals surface area (Å²) in [5.41, 5.74) is 8.48. The first kappa shape index (κ1) is 11.8. The average molecular weight is 210 g/mol. The number of rotatable bonds is 1. The predicted molar refractivity (Wildman–Crippen MR) is 39.0 cm³/mol. The van der Waals surface area contributed by atoms with E-state index in [1.54, 1.807) is 0 Å². The summed E-state index contributed by atoms with van der Waals surface area (Å²) in [7, 11) is 0. The monoisotopic (exact) mass is 210 g/mol. The predicted octanol–water partition coefficient (Wildman–Crippen LogP) is -5.34. The number of fused-ring (bicyclic) bond motifs is 1. The van der Waals surface area contributed by atoms with Crippen molar-refractivity contribution in [1.29, 1.82) is 0 Å². The van der Waals surface area contributed by atoms with Crippen LogP contribution in [0.1, 0.15) is 0 Å². The van der Waals surface area contributed by atoms with Crippen LogP contribution in [-0.4, -0.2) is 35.0 Å². The van der Waals surface area contributed by atoms with Gasteiger partial charge in [0.1, 0.15) is 0 Å². The van der Waals surface area contributed by atoms with Gasteiger partial charge in [-0.25, -0.2) is 5.43 Å². The Hall–Kier alpha value is -0.290. The molecule has 0 aromatic carbocycles. The van der Waals surface area contributed by atoms with Crippen LogP contribution in [0.3, 0.4) is 0 Å². The van der Waals surface area contributed by atoms with E-state index in [9.17, 15) is 14.9 Å². The molecule has 2 rings (SSSR count). The van der Waals surface area contributed by atoms with Crippen LogP contribution < -0.4 is 45.7 Å². The van der Waals surface area contributed by atoms with Crippen LogP contribution in [0.4, 0.5) is 0 Å². The van der Waals surface area contributed by atoms with Gasteiger partial charge in [0.15, 0.2) is 0 Å². The molecule has 0 radical (unpaired) electrons. The molecule has 10 heteroatoms. The maximum atomic E-state index is 11.3. The number of carbonyl (C=O) groups excluding carboxylic acids is 1. The Morgan fingerprint density at radius 3 is 3.00 bits per heavy atom. The fraction of sp³-hybridized carbons (Fsp3) is 0.750. The van der Waals surface area contributed by atoms with Gasteiger partial charge in [-0.2, -0.15) is 0 Å². The molecule has 2 unspecified atom stereocenters. The number of hydrogen-bond donors (Lipinski definition) is 3. The Kier molecular flexibility index (Phi) is 3.78. The van der Waals surface area contributed by atoms with Crippen molar-refractivity contribution in [3.05, 3.63) is 15.5 Å². The molecule has 0 aromatic heterocycles. The molecule has 2 fully saturated rings. The van der Waals surface area contributed by atoms with Crippen molar-refractivity contribution in [2.75, 3.05) is 6.67 Å². The molecule has 2 saturated heterocycles. The van der Waals surface area contributed by atoms with E-state index in [1.165, 1.54) is 0 Å². The van der Waals surface area contributed by atoms with Crippen LogP contribution in [0.5, 0.6) is 0 Å². The molecule has 9 nitrogen and oxygen atoms in total. The second kappa shape index (κ2) is 4.49. The van der Waals surface area contributed by atoms with Gasteiger partial charge in [-0.3, -0.25) is 25.2 Å². The van der Waals surface area contributed by atoms with E-state index in [1.807, 2.05) is 0 Å². The van der Waals surface area contributed by atoms with Gasteiger partial charge in [-0.05, 0) is 0 Å². The zero-order valence-electron chi connectivity index (χ0n) is 7.43. The largest absolute Gasteiger partial charge is 1.00 e. The quantitative estimate of drug-likeness (QED) is 0.226. The summed E-state index contributed by atoms with van der Waals surface area (Å²) >= 11 is 0. The van der Waals surface area contributed by atoms with Crippen molar-refractivity contribution >= 4 is 5.91 Å². The normalized spacial score (nSPS) is 30.9. The maximum Gasteiger partial charge on any atom is 1.00 e. The molecule has 14 heavy (non-hydrogen) atoms. The molecule has 1 amide bonds. The van der Waals surface area contributed by atoms with E-state index in [4.69, 9.17) is 0 Å². The van der Waals surface area contributed by atoms with Crippen molar-refractivity contribution in [3.8, 4) is 0 Å². The van der Waals surface area contributed by atoms with E-state index in [2.05, 4.69) is 21.6 Å². The fourth-order valence-corrected chi connectivity index (χ4v) is 1.17. The minimum absolute atomic E-state index is 0. The van der Waals surface area contributed by atoms with Gasteiger partial charge < -0.3 is 10.9 Å². The van der Waals surface area contributed by atoms with E-state index in [0.29, 0.717) is 6.67 Å². The van der Waals surface area contributed by atoms with Gasteiger partial charge in [-0.1, -0.05) is 0 Å². The van der Waals surface area contributed by atoms with Crippen molar-refractivity contribution in [2.45, 2.75) is 12.5 Å². The summed E-state index contributed by atoms with van der Waals surface area (Å²) in [6.45, 7) is 0.367. The Labute approximate surface area is 101 Å². The minimum atomic E-state index is -1.48. The number of amides is 1. The van der Waals surface area contributed by atoms with E-state index >= 15 is 0 Å². The molecule has 2 aliphatic heterocycles. The second-order valence-electron chi connectivity index (χ2n) is 2.57. The topological polar surface area (TPSA) is 114 Å². The Morgan fingerprint density at radius 1 is 1.64 bits per heavy atom. The van der Waals surface area contributed by atoms with Crippen LogP contribution >= 0.6 is 0 Å². The molecule has 0 aromatic rings. The molecule has 0 saturated carbocycles. The summed E-state index contributed by atoms with van der Waals surface area (Å²) in [4.78, 5) is 20.9. The first-order valence-corrected chi connectivity index (χ1v) is 3.59. The molecule has 0 bridgehead atoms. The number of nitro groups is 1. The average Bonchev–Trinajstić information content (AvgIpc) is 2.52. The third-order valence-corrected chi connectivity index (χ3v) is 1.78. The number of hydrazine groups is 1. The first-order chi connectivity index (χ1) is 6.20. The Morgan fingerprint density at radius 2 is 2.36 bits per heavy atom. The third-order valence-electron chi connectivity index (χ3n) is 1.78. The van der Waals surface area contributed by atoms with Gasteiger partial charge in [0.2, 0.25) is 0 Å². The third kappa shape index (κ3) is 1.88.